The first-order valence-corrected chi connectivity index (χ1v) is 10.3. The molecule has 0 aliphatic carbocycles. The van der Waals surface area contributed by atoms with E-state index in [1.165, 1.54) is 4.90 Å². The number of hydrogen-bond acceptors (Lipinski definition) is 5. The molecule has 1 aliphatic heterocycles. The standard InChI is InChI=1S/C24H30N2O4/c1-7-16(4)26-23(27)19(17(5)20(14-25)24(26)28)12-18-8-9-21(22(13-18)29-6)30-11-10-15(2)3/h8-9,12-13,15-16H,7,10-11H2,1-6H3/b19-12+. The maximum absolute atomic E-state index is 13.1. The number of nitrogens with zero attached hydrogens (tertiary/aromatic N) is 2. The third-order valence-corrected chi connectivity index (χ3v) is 5.26. The van der Waals surface area contributed by atoms with Crippen LogP contribution in [-0.4, -0.2) is 36.5 Å². The van der Waals surface area contributed by atoms with E-state index in [0.29, 0.717) is 41.6 Å². The molecule has 0 N–H and O–H groups in total. The molecule has 0 bridgehead atoms. The Morgan fingerprint density at radius 3 is 2.43 bits per heavy atom. The van der Waals surface area contributed by atoms with Gasteiger partial charge in [-0.25, -0.2) is 0 Å². The van der Waals surface area contributed by atoms with Crippen LogP contribution in [0.25, 0.3) is 6.08 Å². The van der Waals surface area contributed by atoms with Gasteiger partial charge in [-0.15, -0.1) is 0 Å². The van der Waals surface area contributed by atoms with Gasteiger partial charge in [0.1, 0.15) is 11.6 Å². The third-order valence-electron chi connectivity index (χ3n) is 5.26. The number of carbonyl (C=O) groups is 2. The Balaban J connectivity index is 2.44. The largest absolute Gasteiger partial charge is 0.493 e. The van der Waals surface area contributed by atoms with Gasteiger partial charge in [0.05, 0.1) is 13.7 Å². The Labute approximate surface area is 178 Å². The molecule has 0 radical (unpaired) electrons. The summed E-state index contributed by atoms with van der Waals surface area (Å²) < 4.78 is 11.3. The van der Waals surface area contributed by atoms with Gasteiger partial charge in [-0.2, -0.15) is 5.26 Å². The van der Waals surface area contributed by atoms with Crippen molar-refractivity contribution in [3.63, 3.8) is 0 Å². The van der Waals surface area contributed by atoms with Gasteiger partial charge in [-0.1, -0.05) is 26.8 Å². The predicted octanol–water partition coefficient (Wildman–Crippen LogP) is 4.51. The summed E-state index contributed by atoms with van der Waals surface area (Å²) in [5.74, 6) is 0.822. The van der Waals surface area contributed by atoms with E-state index < -0.39 is 5.91 Å². The molecule has 0 fully saturated rings. The number of benzene rings is 1. The number of nitriles is 1. The molecule has 1 aromatic rings. The van der Waals surface area contributed by atoms with Crippen molar-refractivity contribution in [3.8, 4) is 17.6 Å². The van der Waals surface area contributed by atoms with Crippen LogP contribution in [0.15, 0.2) is 34.9 Å². The minimum absolute atomic E-state index is 0.00162. The topological polar surface area (TPSA) is 79.6 Å². The maximum Gasteiger partial charge on any atom is 0.271 e. The SMILES string of the molecule is CCC(C)N1C(=O)C(C#N)=C(C)/C(=C\c2ccc(OCCC(C)C)c(OC)c2)C1=O. The molecule has 0 aromatic heterocycles. The molecule has 1 unspecified atom stereocenters. The number of imide groups is 1. The van der Waals surface area contributed by atoms with Crippen molar-refractivity contribution < 1.29 is 19.1 Å². The van der Waals surface area contributed by atoms with Crippen LogP contribution in [0.5, 0.6) is 11.5 Å². The second kappa shape index (κ2) is 10.1. The zero-order chi connectivity index (χ0) is 22.4. The molecular formula is C24H30N2O4. The van der Waals surface area contributed by atoms with Gasteiger partial charge >= 0.3 is 0 Å². The Morgan fingerprint density at radius 2 is 1.87 bits per heavy atom. The fourth-order valence-corrected chi connectivity index (χ4v) is 3.15. The number of hydrogen-bond donors (Lipinski definition) is 0. The van der Waals surface area contributed by atoms with Crippen LogP contribution in [0.1, 0.15) is 53.0 Å². The van der Waals surface area contributed by atoms with Gasteiger partial charge < -0.3 is 9.47 Å². The lowest BCUT2D eigenvalue weighted by molar-refractivity contribution is -0.142. The summed E-state index contributed by atoms with van der Waals surface area (Å²) in [4.78, 5) is 26.9. The quantitative estimate of drug-likeness (QED) is 0.465. The summed E-state index contributed by atoms with van der Waals surface area (Å²) in [6, 6.07) is 7.09. The van der Waals surface area contributed by atoms with Crippen LogP contribution in [0.2, 0.25) is 0 Å². The highest BCUT2D eigenvalue weighted by atomic mass is 16.5. The number of amides is 2. The van der Waals surface area contributed by atoms with E-state index >= 15 is 0 Å². The highest BCUT2D eigenvalue weighted by molar-refractivity contribution is 6.19. The summed E-state index contributed by atoms with van der Waals surface area (Å²) in [7, 11) is 1.57. The lowest BCUT2D eigenvalue weighted by atomic mass is 9.92. The lowest BCUT2D eigenvalue weighted by Crippen LogP contribution is -2.47. The van der Waals surface area contributed by atoms with Crippen LogP contribution in [0.4, 0.5) is 0 Å². The van der Waals surface area contributed by atoms with E-state index in [0.717, 1.165) is 12.0 Å². The summed E-state index contributed by atoms with van der Waals surface area (Å²) in [6.45, 7) is 10.2. The molecule has 0 spiro atoms. The Kier molecular flexibility index (Phi) is 7.82. The molecule has 6 heteroatoms. The number of carbonyl (C=O) groups excluding carboxylic acids is 2. The monoisotopic (exact) mass is 410 g/mol. The molecule has 2 amide bonds. The molecule has 0 saturated heterocycles. The molecule has 1 aliphatic rings. The zero-order valence-corrected chi connectivity index (χ0v) is 18.6. The van der Waals surface area contributed by atoms with Crippen LogP contribution in [-0.2, 0) is 9.59 Å². The lowest BCUT2D eigenvalue weighted by Gasteiger charge is -2.31. The fraction of sp³-hybridized carbons (Fsp3) is 0.458. The predicted molar refractivity (Wildman–Crippen MR) is 116 cm³/mol. The van der Waals surface area contributed by atoms with Crippen molar-refractivity contribution in [1.82, 2.24) is 4.90 Å². The normalized spacial score (nSPS) is 16.9. The summed E-state index contributed by atoms with van der Waals surface area (Å²) in [5.41, 5.74) is 1.45. The molecule has 6 nitrogen and oxygen atoms in total. The van der Waals surface area contributed by atoms with Crippen LogP contribution < -0.4 is 9.47 Å². The fourth-order valence-electron chi connectivity index (χ4n) is 3.15. The summed E-state index contributed by atoms with van der Waals surface area (Å²) in [5, 5.41) is 9.48. The Bertz CT molecular complexity index is 922. The average molecular weight is 411 g/mol. The Morgan fingerprint density at radius 1 is 1.17 bits per heavy atom. The molecular weight excluding hydrogens is 380 g/mol. The van der Waals surface area contributed by atoms with Crippen LogP contribution >= 0.6 is 0 Å². The van der Waals surface area contributed by atoms with E-state index in [9.17, 15) is 14.9 Å². The molecule has 2 rings (SSSR count). The van der Waals surface area contributed by atoms with Gasteiger partial charge in [0.25, 0.3) is 11.8 Å². The molecule has 1 heterocycles. The van der Waals surface area contributed by atoms with E-state index in [2.05, 4.69) is 13.8 Å². The average Bonchev–Trinajstić information content (AvgIpc) is 2.71. The van der Waals surface area contributed by atoms with E-state index in [-0.39, 0.29) is 17.5 Å². The molecule has 30 heavy (non-hydrogen) atoms. The summed E-state index contributed by atoms with van der Waals surface area (Å²) in [6.07, 6.45) is 3.24. The molecule has 0 saturated carbocycles. The van der Waals surface area contributed by atoms with Crippen LogP contribution in [0.3, 0.4) is 0 Å². The third kappa shape index (κ3) is 4.91. The van der Waals surface area contributed by atoms with E-state index in [1.54, 1.807) is 39.2 Å². The maximum atomic E-state index is 13.1. The molecule has 160 valence electrons. The summed E-state index contributed by atoms with van der Waals surface area (Å²) >= 11 is 0. The van der Waals surface area contributed by atoms with Gasteiger partial charge in [0, 0.05) is 11.6 Å². The highest BCUT2D eigenvalue weighted by Crippen LogP contribution is 2.32. The minimum Gasteiger partial charge on any atom is -0.493 e. The van der Waals surface area contributed by atoms with Crippen molar-refractivity contribution in [2.75, 3.05) is 13.7 Å². The van der Waals surface area contributed by atoms with Crippen LogP contribution in [0, 0.1) is 17.2 Å². The number of methoxy groups -OCH3 is 1. The minimum atomic E-state index is -0.530. The van der Waals surface area contributed by atoms with Crippen molar-refractivity contribution in [2.45, 2.75) is 53.5 Å². The van der Waals surface area contributed by atoms with Gasteiger partial charge in [-0.3, -0.25) is 14.5 Å². The first-order valence-electron chi connectivity index (χ1n) is 10.3. The van der Waals surface area contributed by atoms with E-state index in [4.69, 9.17) is 9.47 Å². The second-order valence-electron chi connectivity index (χ2n) is 7.85. The van der Waals surface area contributed by atoms with Crippen molar-refractivity contribution in [2.24, 2.45) is 5.92 Å². The smallest absolute Gasteiger partial charge is 0.271 e. The van der Waals surface area contributed by atoms with Gasteiger partial charge in [0.15, 0.2) is 11.5 Å². The number of ether oxygens (including phenoxy) is 2. The van der Waals surface area contributed by atoms with E-state index in [1.807, 2.05) is 19.1 Å². The Hall–Kier alpha value is -3.07. The van der Waals surface area contributed by atoms with Gasteiger partial charge in [-0.05, 0) is 62.0 Å². The van der Waals surface area contributed by atoms with Crippen molar-refractivity contribution >= 4 is 17.9 Å². The highest BCUT2D eigenvalue weighted by Gasteiger charge is 2.37. The second-order valence-corrected chi connectivity index (χ2v) is 7.85. The zero-order valence-electron chi connectivity index (χ0n) is 18.6. The first kappa shape index (κ1) is 23.2. The van der Waals surface area contributed by atoms with Crippen molar-refractivity contribution in [1.29, 1.82) is 5.26 Å². The molecule has 1 aromatic carbocycles. The van der Waals surface area contributed by atoms with Crippen molar-refractivity contribution in [3.05, 3.63) is 40.5 Å². The van der Waals surface area contributed by atoms with Gasteiger partial charge in [0.2, 0.25) is 0 Å². The number of rotatable bonds is 8. The first-order chi connectivity index (χ1) is 14.2. The molecule has 1 atom stereocenters.